The van der Waals surface area contributed by atoms with Crippen molar-refractivity contribution in [3.05, 3.63) is 70.6 Å². The molecular weight excluding hydrogens is 362 g/mol. The van der Waals surface area contributed by atoms with Gasteiger partial charge in [-0.1, -0.05) is 58.7 Å². The van der Waals surface area contributed by atoms with Crippen LogP contribution < -0.4 is 4.72 Å². The zero-order chi connectivity index (χ0) is 17.9. The number of benzene rings is 2. The summed E-state index contributed by atoms with van der Waals surface area (Å²) in [5, 5.41) is 4.33. The molecule has 3 rings (SSSR count). The third kappa shape index (κ3) is 4.66. The molecule has 130 valence electrons. The van der Waals surface area contributed by atoms with E-state index in [1.54, 1.807) is 30.3 Å². The van der Waals surface area contributed by atoms with Crippen LogP contribution in [0.1, 0.15) is 17.0 Å². The van der Waals surface area contributed by atoms with Crippen LogP contribution in [0, 0.1) is 6.92 Å². The highest BCUT2D eigenvalue weighted by Crippen LogP contribution is 2.24. The van der Waals surface area contributed by atoms with Gasteiger partial charge in [-0.3, -0.25) is 0 Å². The number of halogens is 1. The van der Waals surface area contributed by atoms with Crippen molar-refractivity contribution < 1.29 is 12.9 Å². The maximum absolute atomic E-state index is 12.2. The minimum Gasteiger partial charge on any atom is -0.338 e. The molecule has 0 unspecified atom stereocenters. The topological polar surface area (TPSA) is 85.1 Å². The molecule has 6 nitrogen and oxygen atoms in total. The first kappa shape index (κ1) is 17.6. The second-order valence-corrected chi connectivity index (χ2v) is 7.77. The molecule has 0 fully saturated rings. The fraction of sp³-hybridized carbons (Fsp3) is 0.176. The van der Waals surface area contributed by atoms with Crippen LogP contribution in [0.5, 0.6) is 0 Å². The van der Waals surface area contributed by atoms with Crippen LogP contribution in [0.4, 0.5) is 0 Å². The molecule has 0 atom stereocenters. The van der Waals surface area contributed by atoms with Gasteiger partial charge < -0.3 is 4.52 Å². The lowest BCUT2D eigenvalue weighted by Gasteiger charge is -2.05. The van der Waals surface area contributed by atoms with Gasteiger partial charge in [0.15, 0.2) is 0 Å². The van der Waals surface area contributed by atoms with Crippen LogP contribution in [-0.2, 0) is 22.3 Å². The summed E-state index contributed by atoms with van der Waals surface area (Å²) in [5.74, 6) is 0.374. The molecule has 0 amide bonds. The number of nitrogens with one attached hydrogen (secondary N) is 1. The van der Waals surface area contributed by atoms with Crippen LogP contribution in [0.15, 0.2) is 53.1 Å². The zero-order valence-electron chi connectivity index (χ0n) is 13.4. The van der Waals surface area contributed by atoms with Crippen molar-refractivity contribution in [2.24, 2.45) is 0 Å². The highest BCUT2D eigenvalue weighted by atomic mass is 35.5. The van der Waals surface area contributed by atoms with E-state index in [1.165, 1.54) is 0 Å². The molecule has 0 saturated carbocycles. The Labute approximate surface area is 150 Å². The predicted molar refractivity (Wildman–Crippen MR) is 95.4 cm³/mol. The van der Waals surface area contributed by atoms with Crippen LogP contribution in [0.2, 0.25) is 5.02 Å². The van der Waals surface area contributed by atoms with E-state index >= 15 is 0 Å². The van der Waals surface area contributed by atoms with Crippen molar-refractivity contribution in [1.29, 1.82) is 0 Å². The molecule has 1 heterocycles. The van der Waals surface area contributed by atoms with E-state index in [4.69, 9.17) is 16.1 Å². The number of aromatic nitrogens is 2. The van der Waals surface area contributed by atoms with Gasteiger partial charge >= 0.3 is 0 Å². The molecule has 25 heavy (non-hydrogen) atoms. The van der Waals surface area contributed by atoms with E-state index < -0.39 is 10.0 Å². The van der Waals surface area contributed by atoms with Crippen LogP contribution in [0.3, 0.4) is 0 Å². The van der Waals surface area contributed by atoms with Gasteiger partial charge in [-0.25, -0.2) is 13.1 Å². The SMILES string of the molecule is Cc1ccc(CS(=O)(=O)NCc2nc(-c3ccccc3Cl)no2)cc1. The molecule has 0 aliphatic rings. The van der Waals surface area contributed by atoms with E-state index in [9.17, 15) is 8.42 Å². The van der Waals surface area contributed by atoms with Crippen molar-refractivity contribution in [3.8, 4) is 11.4 Å². The van der Waals surface area contributed by atoms with Gasteiger partial charge in [-0.05, 0) is 24.6 Å². The van der Waals surface area contributed by atoms with Crippen molar-refractivity contribution in [2.75, 3.05) is 0 Å². The van der Waals surface area contributed by atoms with Gasteiger partial charge in [-0.2, -0.15) is 4.98 Å². The fourth-order valence-corrected chi connectivity index (χ4v) is 3.50. The number of aryl methyl sites for hydroxylation is 1. The van der Waals surface area contributed by atoms with Crippen LogP contribution in [0.25, 0.3) is 11.4 Å². The maximum Gasteiger partial charge on any atom is 0.242 e. The maximum atomic E-state index is 12.2. The first-order valence-corrected chi connectivity index (χ1v) is 9.56. The van der Waals surface area contributed by atoms with E-state index in [-0.39, 0.29) is 18.2 Å². The number of hydrogen-bond donors (Lipinski definition) is 1. The summed E-state index contributed by atoms with van der Waals surface area (Å²) in [6, 6.07) is 14.4. The summed E-state index contributed by atoms with van der Waals surface area (Å²) in [6.07, 6.45) is 0. The molecule has 0 bridgehead atoms. The zero-order valence-corrected chi connectivity index (χ0v) is 15.0. The third-order valence-electron chi connectivity index (χ3n) is 3.50. The summed E-state index contributed by atoms with van der Waals surface area (Å²) < 4.78 is 31.9. The Morgan fingerprint density at radius 1 is 1.12 bits per heavy atom. The van der Waals surface area contributed by atoms with E-state index in [0.29, 0.717) is 22.0 Å². The first-order valence-electron chi connectivity index (χ1n) is 7.53. The quantitative estimate of drug-likeness (QED) is 0.712. The van der Waals surface area contributed by atoms with Crippen molar-refractivity contribution in [2.45, 2.75) is 19.2 Å². The minimum absolute atomic E-state index is 0.0777. The monoisotopic (exact) mass is 377 g/mol. The molecule has 8 heteroatoms. The fourth-order valence-electron chi connectivity index (χ4n) is 2.21. The smallest absolute Gasteiger partial charge is 0.242 e. The summed E-state index contributed by atoms with van der Waals surface area (Å²) in [6.45, 7) is 1.87. The second kappa shape index (κ2) is 7.35. The van der Waals surface area contributed by atoms with Gasteiger partial charge in [0.25, 0.3) is 0 Å². The molecule has 0 aliphatic heterocycles. The summed E-state index contributed by atoms with van der Waals surface area (Å²) in [7, 11) is -3.51. The van der Waals surface area contributed by atoms with Gasteiger partial charge in [0.05, 0.1) is 17.3 Å². The third-order valence-corrected chi connectivity index (χ3v) is 5.13. The average Bonchev–Trinajstić information content (AvgIpc) is 3.04. The predicted octanol–water partition coefficient (Wildman–Crippen LogP) is 3.32. The molecule has 3 aromatic rings. The van der Waals surface area contributed by atoms with Gasteiger partial charge in [-0.15, -0.1) is 0 Å². The lowest BCUT2D eigenvalue weighted by molar-refractivity contribution is 0.376. The minimum atomic E-state index is -3.51. The Hall–Kier alpha value is -2.22. The first-order chi connectivity index (χ1) is 11.9. The van der Waals surface area contributed by atoms with E-state index in [2.05, 4.69) is 14.9 Å². The van der Waals surface area contributed by atoms with E-state index in [1.807, 2.05) is 25.1 Å². The molecule has 0 spiro atoms. The van der Waals surface area contributed by atoms with Crippen LogP contribution in [-0.4, -0.2) is 18.6 Å². The summed E-state index contributed by atoms with van der Waals surface area (Å²) in [4.78, 5) is 4.17. The van der Waals surface area contributed by atoms with Gasteiger partial charge in [0.2, 0.25) is 21.7 Å². The molecule has 0 radical (unpaired) electrons. The summed E-state index contributed by atoms with van der Waals surface area (Å²) in [5.41, 5.74) is 2.41. The average molecular weight is 378 g/mol. The highest BCUT2D eigenvalue weighted by Gasteiger charge is 2.15. The largest absolute Gasteiger partial charge is 0.338 e. The van der Waals surface area contributed by atoms with E-state index in [0.717, 1.165) is 5.56 Å². The highest BCUT2D eigenvalue weighted by molar-refractivity contribution is 7.88. The Kier molecular flexibility index (Phi) is 5.17. The normalized spacial score (nSPS) is 11.6. The second-order valence-electron chi connectivity index (χ2n) is 5.56. The summed E-state index contributed by atoms with van der Waals surface area (Å²) >= 11 is 6.09. The lowest BCUT2D eigenvalue weighted by Crippen LogP contribution is -2.24. The number of rotatable bonds is 6. The van der Waals surface area contributed by atoms with Gasteiger partial charge in [0.1, 0.15) is 0 Å². The molecule has 1 N–H and O–H groups in total. The molecule has 0 saturated heterocycles. The van der Waals surface area contributed by atoms with Crippen molar-refractivity contribution >= 4 is 21.6 Å². The Morgan fingerprint density at radius 3 is 2.56 bits per heavy atom. The Morgan fingerprint density at radius 2 is 1.84 bits per heavy atom. The molecule has 1 aromatic heterocycles. The lowest BCUT2D eigenvalue weighted by atomic mass is 10.2. The number of sulfonamides is 1. The molecule has 0 aliphatic carbocycles. The Bertz CT molecular complexity index is 969. The molecular formula is C17H16ClN3O3S. The standard InChI is InChI=1S/C17H16ClN3O3S/c1-12-6-8-13(9-7-12)11-25(22,23)19-10-16-20-17(21-24-16)14-4-2-3-5-15(14)18/h2-9,19H,10-11H2,1H3. The number of nitrogens with zero attached hydrogens (tertiary/aromatic N) is 2. The number of hydrogen-bond acceptors (Lipinski definition) is 5. The van der Waals surface area contributed by atoms with Crippen LogP contribution >= 0.6 is 11.6 Å². The van der Waals surface area contributed by atoms with Gasteiger partial charge in [0, 0.05) is 5.56 Å². The molecule has 2 aromatic carbocycles. The van der Waals surface area contributed by atoms with Crippen molar-refractivity contribution in [3.63, 3.8) is 0 Å². The Balaban J connectivity index is 1.65. The van der Waals surface area contributed by atoms with Crippen molar-refractivity contribution in [1.82, 2.24) is 14.9 Å².